The number of hydrogen-bond acceptors (Lipinski definition) is 4. The van der Waals surface area contributed by atoms with Gasteiger partial charge in [0.25, 0.3) is 5.56 Å². The SMILES string of the molecule is COc1cc(Cn2cnc3ccc(-c4ccnc5[nH]ccc45)cc3c2=O)ccc1F. The van der Waals surface area contributed by atoms with Crippen LogP contribution in [-0.2, 0) is 6.54 Å². The van der Waals surface area contributed by atoms with E-state index < -0.39 is 5.82 Å². The number of H-pyrrole nitrogens is 1. The maximum atomic E-state index is 13.7. The third-order valence-corrected chi connectivity index (χ3v) is 5.16. The molecule has 0 fully saturated rings. The molecule has 0 aliphatic heterocycles. The lowest BCUT2D eigenvalue weighted by molar-refractivity contribution is 0.385. The maximum absolute atomic E-state index is 13.7. The van der Waals surface area contributed by atoms with Crippen LogP contribution in [0.25, 0.3) is 33.1 Å². The number of halogens is 1. The predicted octanol–water partition coefficient (Wildman–Crippen LogP) is 4.14. The predicted molar refractivity (Wildman–Crippen MR) is 113 cm³/mol. The fraction of sp³-hybridized carbons (Fsp3) is 0.0870. The Kier molecular flexibility index (Phi) is 4.28. The number of fused-ring (bicyclic) bond motifs is 2. The molecule has 6 nitrogen and oxygen atoms in total. The molecule has 1 N–H and O–H groups in total. The summed E-state index contributed by atoms with van der Waals surface area (Å²) in [6.45, 7) is 0.264. The van der Waals surface area contributed by atoms with Crippen molar-refractivity contribution in [3.8, 4) is 16.9 Å². The van der Waals surface area contributed by atoms with Crippen molar-refractivity contribution in [1.82, 2.24) is 19.5 Å². The normalized spacial score (nSPS) is 11.3. The van der Waals surface area contributed by atoms with Crippen LogP contribution in [0, 0.1) is 5.82 Å². The van der Waals surface area contributed by atoms with Crippen LogP contribution in [0.2, 0.25) is 0 Å². The highest BCUT2D eigenvalue weighted by atomic mass is 19.1. The number of rotatable bonds is 4. The zero-order chi connectivity index (χ0) is 20.7. The summed E-state index contributed by atoms with van der Waals surface area (Å²) in [6.07, 6.45) is 5.09. The lowest BCUT2D eigenvalue weighted by Gasteiger charge is -2.10. The van der Waals surface area contributed by atoms with Gasteiger partial charge in [0.05, 0.1) is 30.9 Å². The van der Waals surface area contributed by atoms with Crippen LogP contribution in [0.5, 0.6) is 5.75 Å². The maximum Gasteiger partial charge on any atom is 0.261 e. The Hall–Kier alpha value is -4.00. The van der Waals surface area contributed by atoms with Crippen molar-refractivity contribution in [1.29, 1.82) is 0 Å². The number of methoxy groups -OCH3 is 1. The Labute approximate surface area is 170 Å². The zero-order valence-electron chi connectivity index (χ0n) is 16.1. The summed E-state index contributed by atoms with van der Waals surface area (Å²) in [4.78, 5) is 25.0. The Morgan fingerprint density at radius 3 is 2.83 bits per heavy atom. The lowest BCUT2D eigenvalue weighted by atomic mass is 10.0. The van der Waals surface area contributed by atoms with Gasteiger partial charge in [0.15, 0.2) is 11.6 Å². The van der Waals surface area contributed by atoms with E-state index in [0.29, 0.717) is 10.9 Å². The highest BCUT2D eigenvalue weighted by molar-refractivity contribution is 5.95. The summed E-state index contributed by atoms with van der Waals surface area (Å²) >= 11 is 0. The molecule has 2 aromatic carbocycles. The average Bonchev–Trinajstić information content (AvgIpc) is 3.26. The van der Waals surface area contributed by atoms with Gasteiger partial charge < -0.3 is 9.72 Å². The minimum Gasteiger partial charge on any atom is -0.494 e. The van der Waals surface area contributed by atoms with E-state index in [4.69, 9.17) is 4.74 Å². The number of ether oxygens (including phenoxy) is 1. The van der Waals surface area contributed by atoms with Crippen LogP contribution in [-0.4, -0.2) is 26.6 Å². The standard InChI is InChI=1S/C23H17FN4O2/c1-30-21-10-14(2-4-19(21)24)12-28-13-27-20-5-3-15(11-18(20)23(28)29)16-6-8-25-22-17(16)7-9-26-22/h2-11,13H,12H2,1H3,(H,25,26). The molecule has 7 heteroatoms. The van der Waals surface area contributed by atoms with E-state index >= 15 is 0 Å². The number of benzene rings is 2. The first kappa shape index (κ1) is 18.1. The van der Waals surface area contributed by atoms with Crippen molar-refractivity contribution in [3.05, 3.63) is 89.0 Å². The first-order valence-electron chi connectivity index (χ1n) is 9.38. The van der Waals surface area contributed by atoms with Crippen molar-refractivity contribution in [3.63, 3.8) is 0 Å². The Balaban J connectivity index is 1.60. The number of nitrogens with one attached hydrogen (secondary N) is 1. The summed E-state index contributed by atoms with van der Waals surface area (Å²) in [5.41, 5.74) is 3.90. The highest BCUT2D eigenvalue weighted by Crippen LogP contribution is 2.28. The molecular formula is C23H17FN4O2. The van der Waals surface area contributed by atoms with Crippen LogP contribution in [0.3, 0.4) is 0 Å². The third-order valence-electron chi connectivity index (χ3n) is 5.16. The molecule has 3 aromatic heterocycles. The van der Waals surface area contributed by atoms with Gasteiger partial charge in [-0.25, -0.2) is 14.4 Å². The van der Waals surface area contributed by atoms with E-state index in [9.17, 15) is 9.18 Å². The number of nitrogens with zero attached hydrogens (tertiary/aromatic N) is 3. The molecule has 0 spiro atoms. The first-order chi connectivity index (χ1) is 14.6. The smallest absolute Gasteiger partial charge is 0.261 e. The monoisotopic (exact) mass is 400 g/mol. The quantitative estimate of drug-likeness (QED) is 0.492. The fourth-order valence-corrected chi connectivity index (χ4v) is 3.65. The molecule has 30 heavy (non-hydrogen) atoms. The van der Waals surface area contributed by atoms with E-state index in [2.05, 4.69) is 15.0 Å². The van der Waals surface area contributed by atoms with Crippen molar-refractivity contribution in [2.45, 2.75) is 6.54 Å². The molecule has 0 amide bonds. The number of aromatic nitrogens is 4. The van der Waals surface area contributed by atoms with E-state index in [-0.39, 0.29) is 17.9 Å². The summed E-state index contributed by atoms with van der Waals surface area (Å²) in [7, 11) is 1.41. The average molecular weight is 400 g/mol. The van der Waals surface area contributed by atoms with Gasteiger partial charge in [-0.1, -0.05) is 12.1 Å². The van der Waals surface area contributed by atoms with Gasteiger partial charge in [-0.15, -0.1) is 0 Å². The largest absolute Gasteiger partial charge is 0.494 e. The molecule has 0 atom stereocenters. The van der Waals surface area contributed by atoms with Crippen LogP contribution in [0.4, 0.5) is 4.39 Å². The topological polar surface area (TPSA) is 72.8 Å². The Morgan fingerprint density at radius 2 is 1.97 bits per heavy atom. The summed E-state index contributed by atoms with van der Waals surface area (Å²) in [5.74, 6) is -0.298. The van der Waals surface area contributed by atoms with Crippen molar-refractivity contribution in [2.75, 3.05) is 7.11 Å². The molecule has 5 aromatic rings. The zero-order valence-corrected chi connectivity index (χ0v) is 16.1. The minimum absolute atomic E-state index is 0.143. The highest BCUT2D eigenvalue weighted by Gasteiger charge is 2.11. The Morgan fingerprint density at radius 1 is 1.07 bits per heavy atom. The molecule has 0 aliphatic carbocycles. The molecular weight excluding hydrogens is 383 g/mol. The number of hydrogen-bond donors (Lipinski definition) is 1. The van der Waals surface area contributed by atoms with Crippen LogP contribution >= 0.6 is 0 Å². The second kappa shape index (κ2) is 7.11. The second-order valence-corrected chi connectivity index (χ2v) is 6.98. The van der Waals surface area contributed by atoms with E-state index in [0.717, 1.165) is 27.7 Å². The van der Waals surface area contributed by atoms with Gasteiger partial charge in [-0.05, 0) is 53.1 Å². The van der Waals surface area contributed by atoms with Gasteiger partial charge in [-0.2, -0.15) is 0 Å². The second-order valence-electron chi connectivity index (χ2n) is 6.98. The van der Waals surface area contributed by atoms with Crippen LogP contribution < -0.4 is 10.3 Å². The summed E-state index contributed by atoms with van der Waals surface area (Å²) in [5, 5.41) is 1.50. The molecule has 0 unspecified atom stereocenters. The van der Waals surface area contributed by atoms with Gasteiger partial charge in [-0.3, -0.25) is 9.36 Å². The number of aromatic amines is 1. The van der Waals surface area contributed by atoms with Gasteiger partial charge in [0, 0.05) is 17.8 Å². The molecule has 5 rings (SSSR count). The minimum atomic E-state index is -0.441. The van der Waals surface area contributed by atoms with Gasteiger partial charge in [0.1, 0.15) is 5.65 Å². The van der Waals surface area contributed by atoms with Crippen molar-refractivity contribution >= 4 is 21.9 Å². The molecule has 0 saturated heterocycles. The van der Waals surface area contributed by atoms with Crippen molar-refractivity contribution in [2.24, 2.45) is 0 Å². The van der Waals surface area contributed by atoms with E-state index in [1.807, 2.05) is 36.5 Å². The molecule has 3 heterocycles. The van der Waals surface area contributed by atoms with Crippen molar-refractivity contribution < 1.29 is 9.13 Å². The fourth-order valence-electron chi connectivity index (χ4n) is 3.65. The molecule has 0 bridgehead atoms. The molecule has 0 aliphatic rings. The summed E-state index contributed by atoms with van der Waals surface area (Å²) in [6, 6.07) is 14.1. The van der Waals surface area contributed by atoms with Crippen LogP contribution in [0.15, 0.2) is 72.0 Å². The lowest BCUT2D eigenvalue weighted by Crippen LogP contribution is -2.21. The first-order valence-corrected chi connectivity index (χ1v) is 9.38. The van der Waals surface area contributed by atoms with E-state index in [1.165, 1.54) is 24.1 Å². The third kappa shape index (κ3) is 3.00. The molecule has 0 radical (unpaired) electrons. The molecule has 0 saturated carbocycles. The van der Waals surface area contributed by atoms with E-state index in [1.54, 1.807) is 18.3 Å². The van der Waals surface area contributed by atoms with Gasteiger partial charge >= 0.3 is 0 Å². The molecule has 148 valence electrons. The van der Waals surface area contributed by atoms with Gasteiger partial charge in [0.2, 0.25) is 0 Å². The van der Waals surface area contributed by atoms with Crippen LogP contribution in [0.1, 0.15) is 5.56 Å². The Bertz CT molecular complexity index is 1460. The summed E-state index contributed by atoms with van der Waals surface area (Å²) < 4.78 is 20.2. The number of pyridine rings is 1.